The molecule has 9 nitrogen and oxygen atoms in total. The molecular weight excluding hydrogens is 883 g/mol. The van der Waals surface area contributed by atoms with Gasteiger partial charge in [0.15, 0.2) is 0 Å². The third kappa shape index (κ3) is 8.14. The molecule has 72 heavy (non-hydrogen) atoms. The van der Waals surface area contributed by atoms with Gasteiger partial charge >= 0.3 is 0 Å². The monoisotopic (exact) mass is 925 g/mol. The van der Waals surface area contributed by atoms with E-state index in [1.165, 1.54) is 32.3 Å². The molecule has 9 heterocycles. The van der Waals surface area contributed by atoms with Crippen molar-refractivity contribution in [1.82, 2.24) is 45.5 Å². The first-order valence-electron chi connectivity index (χ1n) is 24.0. The van der Waals surface area contributed by atoms with Crippen LogP contribution in [0.3, 0.4) is 0 Å². The summed E-state index contributed by atoms with van der Waals surface area (Å²) < 4.78 is 0. The molecule has 0 spiro atoms. The van der Waals surface area contributed by atoms with Gasteiger partial charge in [-0.25, -0.2) is 0 Å². The van der Waals surface area contributed by atoms with E-state index in [2.05, 4.69) is 136 Å². The first-order valence-corrected chi connectivity index (χ1v) is 24.0. The smallest absolute Gasteiger partial charge is 0.0886 e. The Morgan fingerprint density at radius 2 is 0.847 bits per heavy atom. The number of nitrogens with one attached hydrogen (secondary N) is 2. The molecule has 0 radical (unpaired) electrons. The van der Waals surface area contributed by atoms with Crippen LogP contribution in [0, 0.1) is 0 Å². The van der Waals surface area contributed by atoms with Gasteiger partial charge in [0.2, 0.25) is 0 Å². The quantitative estimate of drug-likeness (QED) is 0.137. The Hall–Kier alpha value is -9.73. The fourth-order valence-corrected chi connectivity index (χ4v) is 9.72. The van der Waals surface area contributed by atoms with Gasteiger partial charge in [-0.15, -0.1) is 0 Å². The van der Waals surface area contributed by atoms with E-state index in [4.69, 9.17) is 24.9 Å². The normalized spacial score (nSPS) is 15.1. The van der Waals surface area contributed by atoms with E-state index in [1.807, 2.05) is 110 Å². The van der Waals surface area contributed by atoms with Gasteiger partial charge in [-0.1, -0.05) is 91.0 Å². The molecule has 0 fully saturated rings. The average molecular weight is 926 g/mol. The van der Waals surface area contributed by atoms with Crippen molar-refractivity contribution in [2.24, 2.45) is 0 Å². The zero-order valence-corrected chi connectivity index (χ0v) is 38.8. The minimum absolute atomic E-state index is 0.0501. The van der Waals surface area contributed by atoms with Gasteiger partial charge < -0.3 is 10.6 Å². The largest absolute Gasteiger partial charge is 0.381 e. The van der Waals surface area contributed by atoms with Crippen molar-refractivity contribution in [2.45, 2.75) is 12.1 Å². The van der Waals surface area contributed by atoms with Crippen molar-refractivity contribution < 1.29 is 0 Å². The molecule has 0 saturated heterocycles. The molecule has 2 unspecified atom stereocenters. The van der Waals surface area contributed by atoms with Crippen LogP contribution in [0.1, 0.15) is 28.9 Å². The fourth-order valence-electron chi connectivity index (χ4n) is 9.72. The molecule has 0 saturated carbocycles. The van der Waals surface area contributed by atoms with E-state index < -0.39 is 0 Å². The van der Waals surface area contributed by atoms with Crippen LogP contribution in [-0.4, -0.2) is 34.9 Å². The number of pyridine rings is 7. The highest BCUT2D eigenvalue weighted by Gasteiger charge is 2.17. The van der Waals surface area contributed by atoms with Crippen LogP contribution in [0.4, 0.5) is 0 Å². The van der Waals surface area contributed by atoms with E-state index in [0.717, 1.165) is 89.9 Å². The summed E-state index contributed by atoms with van der Waals surface area (Å²) in [7, 11) is 0. The Morgan fingerprint density at radius 1 is 0.333 bits per heavy atom. The number of hydrogen-bond acceptors (Lipinski definition) is 9. The van der Waals surface area contributed by atoms with Gasteiger partial charge in [0.05, 0.1) is 51.9 Å². The summed E-state index contributed by atoms with van der Waals surface area (Å²) in [6.07, 6.45) is 27.8. The molecule has 0 amide bonds. The summed E-state index contributed by atoms with van der Waals surface area (Å²) in [5, 5.41) is 14.0. The third-order valence-electron chi connectivity index (χ3n) is 13.6. The molecule has 2 aliphatic rings. The summed E-state index contributed by atoms with van der Waals surface area (Å²) in [4.78, 5) is 33.1. The Balaban J connectivity index is 0.842. The summed E-state index contributed by atoms with van der Waals surface area (Å²) in [6.45, 7) is 0. The second-order valence-corrected chi connectivity index (χ2v) is 17.9. The van der Waals surface area contributed by atoms with Gasteiger partial charge in [-0.3, -0.25) is 34.9 Å². The highest BCUT2D eigenvalue weighted by Crippen LogP contribution is 2.41. The van der Waals surface area contributed by atoms with Gasteiger partial charge in [-0.2, -0.15) is 0 Å². The van der Waals surface area contributed by atoms with Crippen LogP contribution in [0.2, 0.25) is 0 Å². The minimum Gasteiger partial charge on any atom is -0.381 e. The second kappa shape index (κ2) is 18.3. The first kappa shape index (κ1) is 42.4. The standard InChI is InChI=1S/C63H43N9/c1-4-28-64-55(7-1)46-16-25-61(70-37-46)58-22-13-43(34-67-58)40-10-19-49-52(31-40)50-20-11-41(44-14-23-59(68-35-44)62-26-17-47(38-71-62)56-8-2-5-29-65-56)33-54(50)51-21-12-42(32-53(49)51)45-15-24-60(69-36-45)63-27-18-48(39-72-63)57-9-3-6-30-66-57/h1-39,55,60,64,69H. The Bertz CT molecular complexity index is 3930. The van der Waals surface area contributed by atoms with Crippen molar-refractivity contribution in [3.8, 4) is 67.5 Å². The van der Waals surface area contributed by atoms with Gasteiger partial charge in [0, 0.05) is 71.8 Å². The molecule has 9 heteroatoms. The Morgan fingerprint density at radius 3 is 1.31 bits per heavy atom. The SMILES string of the molecule is C1=CNC(c2ccc(-c3ccc(-c4ccc5c6cc(C7=CNC(c8ccc(-c9ccccn9)cn8)C=C7)ccc6c6cc(-c7ccc(-c8ccc(-c9ccccn9)cn8)nc7)ccc6c5c4)cn3)nc2)C=C1. The molecule has 7 aromatic heterocycles. The zero-order valence-electron chi connectivity index (χ0n) is 38.8. The summed E-state index contributed by atoms with van der Waals surface area (Å²) in [6, 6.07) is 53.0. The summed E-state index contributed by atoms with van der Waals surface area (Å²) >= 11 is 0. The molecule has 2 aliphatic heterocycles. The van der Waals surface area contributed by atoms with Gasteiger partial charge in [0.1, 0.15) is 0 Å². The molecule has 2 atom stereocenters. The van der Waals surface area contributed by atoms with Crippen LogP contribution in [0.25, 0.3) is 105 Å². The Labute approximate surface area is 415 Å². The topological polar surface area (TPSA) is 114 Å². The molecule has 0 bridgehead atoms. The molecule has 0 aliphatic carbocycles. The predicted molar refractivity (Wildman–Crippen MR) is 290 cm³/mol. The highest BCUT2D eigenvalue weighted by molar-refractivity contribution is 6.26. The van der Waals surface area contributed by atoms with Crippen LogP contribution < -0.4 is 10.6 Å². The zero-order chi connectivity index (χ0) is 47.8. The van der Waals surface area contributed by atoms with Crippen molar-refractivity contribution in [3.05, 3.63) is 255 Å². The lowest BCUT2D eigenvalue weighted by Crippen LogP contribution is -2.17. The lowest BCUT2D eigenvalue weighted by atomic mass is 9.89. The number of fused-ring (bicyclic) bond motifs is 6. The number of nitrogens with zero attached hydrogens (tertiary/aromatic N) is 7. The molecule has 340 valence electrons. The lowest BCUT2D eigenvalue weighted by Gasteiger charge is -2.19. The summed E-state index contributed by atoms with van der Waals surface area (Å²) in [5.74, 6) is 0. The molecular formula is C63H43N9. The highest BCUT2D eigenvalue weighted by atomic mass is 14.9. The van der Waals surface area contributed by atoms with E-state index in [-0.39, 0.29) is 12.1 Å². The summed E-state index contributed by atoms with van der Waals surface area (Å²) in [5.41, 5.74) is 15.5. The van der Waals surface area contributed by atoms with Crippen LogP contribution >= 0.6 is 0 Å². The maximum atomic E-state index is 4.91. The van der Waals surface area contributed by atoms with E-state index >= 15 is 0 Å². The molecule has 13 rings (SSSR count). The van der Waals surface area contributed by atoms with Gasteiger partial charge in [0.25, 0.3) is 0 Å². The van der Waals surface area contributed by atoms with Crippen molar-refractivity contribution in [2.75, 3.05) is 0 Å². The number of aromatic nitrogens is 7. The number of allylic oxidation sites excluding steroid dienone is 4. The first-order chi connectivity index (χ1) is 35.6. The number of benzene rings is 4. The predicted octanol–water partition coefficient (Wildman–Crippen LogP) is 13.9. The van der Waals surface area contributed by atoms with E-state index in [1.54, 1.807) is 12.4 Å². The van der Waals surface area contributed by atoms with Crippen LogP contribution in [0.15, 0.2) is 238 Å². The maximum absolute atomic E-state index is 4.91. The Kier molecular flexibility index (Phi) is 10.8. The third-order valence-corrected chi connectivity index (χ3v) is 13.6. The van der Waals surface area contributed by atoms with Crippen LogP contribution in [0.5, 0.6) is 0 Å². The second-order valence-electron chi connectivity index (χ2n) is 17.9. The fraction of sp³-hybridized carbons (Fsp3) is 0.0317. The molecule has 2 N–H and O–H groups in total. The maximum Gasteiger partial charge on any atom is 0.0886 e. The molecule has 4 aromatic carbocycles. The van der Waals surface area contributed by atoms with Crippen molar-refractivity contribution in [1.29, 1.82) is 0 Å². The average Bonchev–Trinajstić information content (AvgIpc) is 3.48. The van der Waals surface area contributed by atoms with Gasteiger partial charge in [-0.05, 0) is 157 Å². The number of hydrogen-bond donors (Lipinski definition) is 2. The van der Waals surface area contributed by atoms with E-state index in [9.17, 15) is 0 Å². The number of dihydropyridines is 2. The molecule has 11 aromatic rings. The lowest BCUT2D eigenvalue weighted by molar-refractivity contribution is 0.724. The number of rotatable bonds is 9. The van der Waals surface area contributed by atoms with E-state index in [0.29, 0.717) is 0 Å². The van der Waals surface area contributed by atoms with Crippen molar-refractivity contribution >= 4 is 37.9 Å². The van der Waals surface area contributed by atoms with Crippen molar-refractivity contribution in [3.63, 3.8) is 0 Å². The van der Waals surface area contributed by atoms with Crippen LogP contribution in [-0.2, 0) is 0 Å². The minimum atomic E-state index is -0.0501.